The first kappa shape index (κ1) is 20.8. The second kappa shape index (κ2) is 9.47. The molecule has 0 atom stereocenters. The van der Waals surface area contributed by atoms with Crippen LogP contribution in [0.4, 0.5) is 11.4 Å². The van der Waals surface area contributed by atoms with E-state index in [-0.39, 0.29) is 11.4 Å². The number of nitrogens with one attached hydrogen (secondary N) is 1. The molecule has 1 N–H and O–H groups in total. The first-order valence-corrected chi connectivity index (χ1v) is 8.23. The number of hydrogen-bond donors (Lipinski definition) is 1. The van der Waals surface area contributed by atoms with Crippen molar-refractivity contribution in [2.75, 3.05) is 26.1 Å². The summed E-state index contributed by atoms with van der Waals surface area (Å²) < 4.78 is 15.0. The lowest BCUT2D eigenvalue weighted by atomic mass is 10.1. The van der Waals surface area contributed by atoms with Crippen molar-refractivity contribution in [3.8, 4) is 5.75 Å². The van der Waals surface area contributed by atoms with E-state index in [1.54, 1.807) is 38.3 Å². The minimum atomic E-state index is -0.642. The highest BCUT2D eigenvalue weighted by Crippen LogP contribution is 2.32. The smallest absolute Gasteiger partial charge is 0.338 e. The second-order valence-electron chi connectivity index (χ2n) is 5.85. The fourth-order valence-corrected chi connectivity index (χ4v) is 2.42. The molecule has 0 heterocycles. The molecular formula is C19H20N2O7. The van der Waals surface area contributed by atoms with Gasteiger partial charge in [0.05, 0.1) is 24.2 Å². The van der Waals surface area contributed by atoms with Crippen LogP contribution in [0.3, 0.4) is 0 Å². The third-order valence-corrected chi connectivity index (χ3v) is 3.83. The summed E-state index contributed by atoms with van der Waals surface area (Å²) in [6, 6.07) is 9.27. The van der Waals surface area contributed by atoms with E-state index in [9.17, 15) is 19.7 Å². The number of methoxy groups -OCH3 is 2. The zero-order valence-electron chi connectivity index (χ0n) is 15.7. The summed E-state index contributed by atoms with van der Waals surface area (Å²) in [6.45, 7) is 1.53. The summed E-state index contributed by atoms with van der Waals surface area (Å²) in [7, 11) is 2.87. The van der Waals surface area contributed by atoms with Crippen LogP contribution in [-0.4, -0.2) is 37.6 Å². The van der Waals surface area contributed by atoms with E-state index in [2.05, 4.69) is 5.32 Å². The van der Waals surface area contributed by atoms with Gasteiger partial charge in [-0.15, -0.1) is 0 Å². The molecule has 0 saturated heterocycles. The molecule has 0 aliphatic heterocycles. The number of hydrogen-bond acceptors (Lipinski definition) is 7. The molecule has 0 bridgehead atoms. The SMILES string of the molecule is COCc1ccc(C(=O)OCC(=O)Nc2cc(OC)c([N+](=O)[O-])cc2C)cc1. The normalized spacial score (nSPS) is 10.2. The molecule has 1 amide bonds. The summed E-state index contributed by atoms with van der Waals surface area (Å²) >= 11 is 0. The zero-order valence-corrected chi connectivity index (χ0v) is 15.7. The van der Waals surface area contributed by atoms with Crippen LogP contribution >= 0.6 is 0 Å². The molecule has 0 fully saturated rings. The molecular weight excluding hydrogens is 368 g/mol. The van der Waals surface area contributed by atoms with Crippen LogP contribution in [0.15, 0.2) is 36.4 Å². The van der Waals surface area contributed by atoms with Gasteiger partial charge in [0.15, 0.2) is 12.4 Å². The number of carbonyl (C=O) groups is 2. The second-order valence-corrected chi connectivity index (χ2v) is 5.85. The number of ether oxygens (including phenoxy) is 3. The van der Waals surface area contributed by atoms with Gasteiger partial charge in [0.2, 0.25) is 0 Å². The van der Waals surface area contributed by atoms with Gasteiger partial charge in [-0.05, 0) is 30.2 Å². The maximum absolute atomic E-state index is 12.1. The van der Waals surface area contributed by atoms with Crippen molar-refractivity contribution in [1.82, 2.24) is 0 Å². The van der Waals surface area contributed by atoms with Crippen molar-refractivity contribution in [2.24, 2.45) is 0 Å². The van der Waals surface area contributed by atoms with Crippen molar-refractivity contribution in [3.63, 3.8) is 0 Å². The first-order chi connectivity index (χ1) is 13.3. The standard InChI is InChI=1S/C19H20N2O7/c1-12-8-16(21(24)25)17(27-3)9-15(12)20-18(22)11-28-19(23)14-6-4-13(5-7-14)10-26-2/h4-9H,10-11H2,1-3H3,(H,20,22). The minimum absolute atomic E-state index is 0.0130. The topological polar surface area (TPSA) is 117 Å². The molecule has 148 valence electrons. The van der Waals surface area contributed by atoms with Crippen LogP contribution in [0.25, 0.3) is 0 Å². The molecule has 28 heavy (non-hydrogen) atoms. The lowest BCUT2D eigenvalue weighted by Crippen LogP contribution is -2.21. The summed E-state index contributed by atoms with van der Waals surface area (Å²) in [4.78, 5) is 34.5. The number of esters is 1. The van der Waals surface area contributed by atoms with E-state index in [0.717, 1.165) is 5.56 Å². The largest absolute Gasteiger partial charge is 0.490 e. The Labute approximate surface area is 161 Å². The first-order valence-electron chi connectivity index (χ1n) is 8.23. The summed E-state index contributed by atoms with van der Waals surface area (Å²) in [5.41, 5.74) is 1.80. The van der Waals surface area contributed by atoms with Crippen LogP contribution in [0.1, 0.15) is 21.5 Å². The number of benzene rings is 2. The molecule has 0 saturated carbocycles. The van der Waals surface area contributed by atoms with Crippen molar-refractivity contribution in [2.45, 2.75) is 13.5 Å². The van der Waals surface area contributed by atoms with Gasteiger partial charge in [0.25, 0.3) is 5.91 Å². The predicted molar refractivity (Wildman–Crippen MR) is 100 cm³/mol. The van der Waals surface area contributed by atoms with Gasteiger partial charge in [-0.2, -0.15) is 0 Å². The Balaban J connectivity index is 1.98. The monoisotopic (exact) mass is 388 g/mol. The van der Waals surface area contributed by atoms with E-state index >= 15 is 0 Å². The molecule has 2 aromatic rings. The van der Waals surface area contributed by atoms with Gasteiger partial charge in [-0.3, -0.25) is 14.9 Å². The quantitative estimate of drug-likeness (QED) is 0.420. The fourth-order valence-electron chi connectivity index (χ4n) is 2.42. The molecule has 0 aromatic heterocycles. The van der Waals surface area contributed by atoms with Crippen LogP contribution in [0, 0.1) is 17.0 Å². The molecule has 0 unspecified atom stereocenters. The maximum atomic E-state index is 12.1. The van der Waals surface area contributed by atoms with Crippen LogP contribution in [0.2, 0.25) is 0 Å². The van der Waals surface area contributed by atoms with Gasteiger partial charge in [-0.1, -0.05) is 12.1 Å². The lowest BCUT2D eigenvalue weighted by molar-refractivity contribution is -0.385. The molecule has 2 rings (SSSR count). The van der Waals surface area contributed by atoms with Crippen LogP contribution < -0.4 is 10.1 Å². The van der Waals surface area contributed by atoms with Crippen molar-refractivity contribution in [3.05, 3.63) is 63.2 Å². The van der Waals surface area contributed by atoms with E-state index in [1.807, 2.05) is 0 Å². The number of aryl methyl sites for hydroxylation is 1. The molecule has 9 nitrogen and oxygen atoms in total. The molecule has 2 aromatic carbocycles. The average Bonchev–Trinajstić information content (AvgIpc) is 2.68. The fraction of sp³-hybridized carbons (Fsp3) is 0.263. The highest BCUT2D eigenvalue weighted by molar-refractivity contribution is 5.96. The number of carbonyl (C=O) groups excluding carboxylic acids is 2. The average molecular weight is 388 g/mol. The lowest BCUT2D eigenvalue weighted by Gasteiger charge is -2.11. The molecule has 0 spiro atoms. The Morgan fingerprint density at radius 2 is 1.82 bits per heavy atom. The van der Waals surface area contributed by atoms with E-state index in [1.165, 1.54) is 19.2 Å². The molecule has 9 heteroatoms. The van der Waals surface area contributed by atoms with E-state index in [4.69, 9.17) is 14.2 Å². The Kier molecular flexibility index (Phi) is 7.05. The number of nitro groups is 1. The van der Waals surface area contributed by atoms with Crippen molar-refractivity contribution >= 4 is 23.3 Å². The van der Waals surface area contributed by atoms with E-state index in [0.29, 0.717) is 23.4 Å². The van der Waals surface area contributed by atoms with Gasteiger partial charge in [-0.25, -0.2) is 4.79 Å². The molecule has 0 radical (unpaired) electrons. The highest BCUT2D eigenvalue weighted by atomic mass is 16.6. The third-order valence-electron chi connectivity index (χ3n) is 3.83. The Hall–Kier alpha value is -3.46. The highest BCUT2D eigenvalue weighted by Gasteiger charge is 2.19. The van der Waals surface area contributed by atoms with Gasteiger partial charge in [0, 0.05) is 24.9 Å². The molecule has 0 aliphatic rings. The summed E-state index contributed by atoms with van der Waals surface area (Å²) in [5.74, 6) is -1.21. The number of nitro benzene ring substituents is 1. The van der Waals surface area contributed by atoms with Gasteiger partial charge >= 0.3 is 11.7 Å². The minimum Gasteiger partial charge on any atom is -0.490 e. The number of anilines is 1. The predicted octanol–water partition coefficient (Wildman–Crippen LogP) is 2.85. The van der Waals surface area contributed by atoms with Crippen LogP contribution in [0.5, 0.6) is 5.75 Å². The van der Waals surface area contributed by atoms with Crippen molar-refractivity contribution in [1.29, 1.82) is 0 Å². The van der Waals surface area contributed by atoms with Crippen molar-refractivity contribution < 1.29 is 28.7 Å². The zero-order chi connectivity index (χ0) is 20.7. The van der Waals surface area contributed by atoms with Crippen LogP contribution in [-0.2, 0) is 20.9 Å². The Morgan fingerprint density at radius 1 is 1.14 bits per heavy atom. The molecule has 0 aliphatic carbocycles. The summed E-state index contributed by atoms with van der Waals surface area (Å²) in [5, 5.41) is 13.6. The number of amides is 1. The summed E-state index contributed by atoms with van der Waals surface area (Å²) in [6.07, 6.45) is 0. The maximum Gasteiger partial charge on any atom is 0.338 e. The Morgan fingerprint density at radius 3 is 2.39 bits per heavy atom. The van der Waals surface area contributed by atoms with Gasteiger partial charge in [0.1, 0.15) is 0 Å². The van der Waals surface area contributed by atoms with Gasteiger partial charge < -0.3 is 19.5 Å². The Bertz CT molecular complexity index is 879. The third kappa shape index (κ3) is 5.27. The number of nitrogens with zero attached hydrogens (tertiary/aromatic N) is 1. The van der Waals surface area contributed by atoms with E-state index < -0.39 is 23.4 Å². The number of rotatable bonds is 8.